The van der Waals surface area contributed by atoms with E-state index in [0.717, 1.165) is 21.3 Å². The molecule has 0 saturated carbocycles. The minimum atomic E-state index is -0.277. The molecular formula is C18H20BrNO4. The van der Waals surface area contributed by atoms with Gasteiger partial charge in [0.1, 0.15) is 17.2 Å². The fourth-order valence-electron chi connectivity index (χ4n) is 2.31. The summed E-state index contributed by atoms with van der Waals surface area (Å²) in [6, 6.07) is 9.28. The minimum Gasteiger partial charge on any atom is -0.495 e. The maximum Gasteiger partial charge on any atom is 0.262 e. The number of rotatable bonds is 6. The number of anilines is 1. The maximum atomic E-state index is 12.2. The molecule has 1 N–H and O–H groups in total. The van der Waals surface area contributed by atoms with Crippen LogP contribution >= 0.6 is 15.9 Å². The van der Waals surface area contributed by atoms with Crippen molar-refractivity contribution < 1.29 is 19.0 Å². The number of methoxy groups -OCH3 is 2. The first-order valence-electron chi connectivity index (χ1n) is 7.36. The second-order valence-corrected chi connectivity index (χ2v) is 6.10. The predicted molar refractivity (Wildman–Crippen MR) is 97.3 cm³/mol. The minimum absolute atomic E-state index is 0.0901. The third-order valence-electron chi connectivity index (χ3n) is 3.50. The van der Waals surface area contributed by atoms with Crippen LogP contribution in [0.15, 0.2) is 34.8 Å². The molecule has 6 heteroatoms. The number of hydrogen-bond donors (Lipinski definition) is 1. The molecule has 2 rings (SSSR count). The monoisotopic (exact) mass is 393 g/mol. The van der Waals surface area contributed by atoms with Gasteiger partial charge in [-0.2, -0.15) is 0 Å². The number of para-hydroxylation sites is 1. The lowest BCUT2D eigenvalue weighted by Gasteiger charge is -2.15. The van der Waals surface area contributed by atoms with E-state index < -0.39 is 0 Å². The quantitative estimate of drug-likeness (QED) is 0.802. The molecule has 0 aliphatic rings. The molecule has 0 spiro atoms. The average Bonchev–Trinajstić information content (AvgIpc) is 2.55. The molecule has 0 bridgehead atoms. The molecule has 0 saturated heterocycles. The van der Waals surface area contributed by atoms with Crippen molar-refractivity contribution in [2.24, 2.45) is 0 Å². The van der Waals surface area contributed by atoms with Gasteiger partial charge in [0, 0.05) is 12.1 Å². The number of hydrogen-bond acceptors (Lipinski definition) is 4. The van der Waals surface area contributed by atoms with Crippen LogP contribution in [0.1, 0.15) is 11.1 Å². The summed E-state index contributed by atoms with van der Waals surface area (Å²) in [5.74, 6) is 1.58. The van der Waals surface area contributed by atoms with E-state index in [1.165, 1.54) is 7.11 Å². The van der Waals surface area contributed by atoms with Gasteiger partial charge in [-0.05, 0) is 40.9 Å². The zero-order valence-electron chi connectivity index (χ0n) is 14.1. The Morgan fingerprint density at radius 1 is 1.08 bits per heavy atom. The van der Waals surface area contributed by atoms with E-state index in [-0.39, 0.29) is 12.5 Å². The summed E-state index contributed by atoms with van der Waals surface area (Å²) < 4.78 is 16.9. The van der Waals surface area contributed by atoms with Gasteiger partial charge < -0.3 is 19.5 Å². The average molecular weight is 394 g/mol. The number of benzene rings is 2. The first kappa shape index (κ1) is 18.1. The highest BCUT2D eigenvalue weighted by molar-refractivity contribution is 9.10. The van der Waals surface area contributed by atoms with Gasteiger partial charge in [-0.1, -0.05) is 18.2 Å². The van der Waals surface area contributed by atoms with Crippen LogP contribution in [0.2, 0.25) is 0 Å². The highest BCUT2D eigenvalue weighted by Crippen LogP contribution is 2.36. The van der Waals surface area contributed by atoms with E-state index in [0.29, 0.717) is 17.2 Å². The van der Waals surface area contributed by atoms with Gasteiger partial charge in [0.2, 0.25) is 0 Å². The van der Waals surface area contributed by atoms with E-state index in [4.69, 9.17) is 14.2 Å². The van der Waals surface area contributed by atoms with Gasteiger partial charge in [-0.3, -0.25) is 4.79 Å². The molecule has 0 radical (unpaired) electrons. The van der Waals surface area contributed by atoms with Crippen LogP contribution in [0, 0.1) is 13.8 Å². The highest BCUT2D eigenvalue weighted by atomic mass is 79.9. The van der Waals surface area contributed by atoms with Crippen molar-refractivity contribution in [1.82, 2.24) is 0 Å². The van der Waals surface area contributed by atoms with E-state index in [1.807, 2.05) is 32.0 Å². The number of aryl methyl sites for hydroxylation is 2. The van der Waals surface area contributed by atoms with Crippen molar-refractivity contribution in [2.75, 3.05) is 26.1 Å². The maximum absolute atomic E-state index is 12.2. The van der Waals surface area contributed by atoms with E-state index in [1.54, 1.807) is 19.2 Å². The summed E-state index contributed by atoms with van der Waals surface area (Å²) in [4.78, 5) is 12.2. The summed E-state index contributed by atoms with van der Waals surface area (Å²) in [5.41, 5.74) is 2.50. The Kier molecular flexibility index (Phi) is 6.09. The molecule has 0 fully saturated rings. The smallest absolute Gasteiger partial charge is 0.262 e. The SMILES string of the molecule is COc1cc(NC(=O)COc2c(C)cccc2C)c(OC)cc1Br. The van der Waals surface area contributed by atoms with Gasteiger partial charge in [-0.25, -0.2) is 0 Å². The number of ether oxygens (including phenoxy) is 3. The molecule has 0 aliphatic carbocycles. The molecule has 0 atom stereocenters. The molecule has 24 heavy (non-hydrogen) atoms. The summed E-state index contributed by atoms with van der Waals surface area (Å²) in [6.45, 7) is 3.80. The standard InChI is InChI=1S/C18H20BrNO4/c1-11-6-5-7-12(2)18(11)24-10-17(21)20-14-9-15(22-3)13(19)8-16(14)23-4/h5-9H,10H2,1-4H3,(H,20,21). The van der Waals surface area contributed by atoms with Gasteiger partial charge in [-0.15, -0.1) is 0 Å². The zero-order chi connectivity index (χ0) is 17.7. The number of carbonyl (C=O) groups is 1. The third kappa shape index (κ3) is 4.20. The Labute approximate surface area is 150 Å². The van der Waals surface area contributed by atoms with E-state index in [2.05, 4.69) is 21.2 Å². The molecule has 0 aliphatic heterocycles. The first-order chi connectivity index (χ1) is 11.5. The number of carbonyl (C=O) groups excluding carboxylic acids is 1. The molecule has 0 heterocycles. The Morgan fingerprint density at radius 3 is 2.29 bits per heavy atom. The van der Waals surface area contributed by atoms with Gasteiger partial charge in [0.25, 0.3) is 5.91 Å². The Bertz CT molecular complexity index is 726. The van der Waals surface area contributed by atoms with Crippen molar-refractivity contribution in [1.29, 1.82) is 0 Å². The molecule has 5 nitrogen and oxygen atoms in total. The topological polar surface area (TPSA) is 56.8 Å². The Balaban J connectivity index is 2.10. The highest BCUT2D eigenvalue weighted by Gasteiger charge is 2.13. The number of amides is 1. The van der Waals surface area contributed by atoms with Crippen molar-refractivity contribution in [3.8, 4) is 17.2 Å². The molecular weight excluding hydrogens is 374 g/mol. The van der Waals surface area contributed by atoms with Crippen molar-refractivity contribution in [2.45, 2.75) is 13.8 Å². The van der Waals surface area contributed by atoms with Crippen LogP contribution in [-0.2, 0) is 4.79 Å². The van der Waals surface area contributed by atoms with Gasteiger partial charge in [0.15, 0.2) is 6.61 Å². The number of nitrogens with one attached hydrogen (secondary N) is 1. The lowest BCUT2D eigenvalue weighted by atomic mass is 10.1. The fourth-order valence-corrected chi connectivity index (χ4v) is 2.79. The van der Waals surface area contributed by atoms with Crippen LogP contribution in [-0.4, -0.2) is 26.7 Å². The van der Waals surface area contributed by atoms with E-state index >= 15 is 0 Å². The predicted octanol–water partition coefficient (Wildman–Crippen LogP) is 4.10. The summed E-state index contributed by atoms with van der Waals surface area (Å²) in [6.07, 6.45) is 0. The molecule has 2 aromatic carbocycles. The molecule has 2 aromatic rings. The second-order valence-electron chi connectivity index (χ2n) is 5.24. The van der Waals surface area contributed by atoms with Crippen LogP contribution in [0.25, 0.3) is 0 Å². The third-order valence-corrected chi connectivity index (χ3v) is 4.12. The van der Waals surface area contributed by atoms with E-state index in [9.17, 15) is 4.79 Å². The molecule has 0 unspecified atom stereocenters. The molecule has 1 amide bonds. The summed E-state index contributed by atoms with van der Waals surface area (Å²) in [5, 5.41) is 2.78. The largest absolute Gasteiger partial charge is 0.495 e. The first-order valence-corrected chi connectivity index (χ1v) is 8.16. The van der Waals surface area contributed by atoms with Gasteiger partial charge >= 0.3 is 0 Å². The van der Waals surface area contributed by atoms with Crippen LogP contribution in [0.3, 0.4) is 0 Å². The van der Waals surface area contributed by atoms with Crippen LogP contribution in [0.5, 0.6) is 17.2 Å². The fraction of sp³-hybridized carbons (Fsp3) is 0.278. The zero-order valence-corrected chi connectivity index (χ0v) is 15.7. The van der Waals surface area contributed by atoms with Crippen molar-refractivity contribution in [3.63, 3.8) is 0 Å². The summed E-state index contributed by atoms with van der Waals surface area (Å²) >= 11 is 3.38. The second kappa shape index (κ2) is 8.06. The van der Waals surface area contributed by atoms with Crippen molar-refractivity contribution in [3.05, 3.63) is 45.9 Å². The van der Waals surface area contributed by atoms with Crippen molar-refractivity contribution >= 4 is 27.5 Å². The van der Waals surface area contributed by atoms with Gasteiger partial charge in [0.05, 0.1) is 24.4 Å². The summed E-state index contributed by atoms with van der Waals surface area (Å²) in [7, 11) is 3.10. The van der Waals surface area contributed by atoms with Crippen LogP contribution in [0.4, 0.5) is 5.69 Å². The number of halogens is 1. The lowest BCUT2D eigenvalue weighted by molar-refractivity contribution is -0.118. The van der Waals surface area contributed by atoms with Crippen LogP contribution < -0.4 is 19.5 Å². The molecule has 0 aromatic heterocycles. The lowest BCUT2D eigenvalue weighted by Crippen LogP contribution is -2.21. The normalized spacial score (nSPS) is 10.2. The molecule has 128 valence electrons. The Morgan fingerprint density at radius 2 is 1.71 bits per heavy atom. The Hall–Kier alpha value is -2.21.